The lowest BCUT2D eigenvalue weighted by molar-refractivity contribution is -0.116. The summed E-state index contributed by atoms with van der Waals surface area (Å²) in [4.78, 5) is 28.0. The van der Waals surface area contributed by atoms with Crippen LogP contribution in [0.4, 0.5) is 5.69 Å². The zero-order valence-electron chi connectivity index (χ0n) is 11.9. The quantitative estimate of drug-likeness (QED) is 0.944. The number of carbonyl (C=O) groups is 1. The maximum atomic E-state index is 12.0. The summed E-state index contributed by atoms with van der Waals surface area (Å²) in [6, 6.07) is 6.92. The van der Waals surface area contributed by atoms with Gasteiger partial charge in [-0.25, -0.2) is 4.98 Å². The van der Waals surface area contributed by atoms with Crippen LogP contribution in [0.1, 0.15) is 17.7 Å². The van der Waals surface area contributed by atoms with E-state index in [0.29, 0.717) is 28.5 Å². The van der Waals surface area contributed by atoms with Gasteiger partial charge in [0, 0.05) is 34.9 Å². The van der Waals surface area contributed by atoms with Gasteiger partial charge in [-0.2, -0.15) is 0 Å². The Balaban J connectivity index is 1.99. The van der Waals surface area contributed by atoms with Crippen molar-refractivity contribution < 1.29 is 4.79 Å². The molecule has 0 saturated carbocycles. The van der Waals surface area contributed by atoms with E-state index in [4.69, 9.17) is 11.6 Å². The van der Waals surface area contributed by atoms with Crippen LogP contribution in [0.5, 0.6) is 0 Å². The van der Waals surface area contributed by atoms with Gasteiger partial charge >= 0.3 is 0 Å². The number of aryl methyl sites for hydroxylation is 2. The molecule has 0 spiro atoms. The summed E-state index contributed by atoms with van der Waals surface area (Å²) in [5.74, 6) is -0.178. The van der Waals surface area contributed by atoms with Gasteiger partial charge in [0.15, 0.2) is 0 Å². The number of hydrogen-bond acceptors (Lipinski definition) is 3. The molecule has 0 aliphatic rings. The number of amides is 1. The molecular formula is C15H16ClN3O2. The van der Waals surface area contributed by atoms with Crippen molar-refractivity contribution in [2.24, 2.45) is 0 Å². The van der Waals surface area contributed by atoms with Gasteiger partial charge in [0.25, 0.3) is 5.56 Å². The van der Waals surface area contributed by atoms with Crippen molar-refractivity contribution in [3.8, 4) is 0 Å². The molecule has 0 radical (unpaired) electrons. The highest BCUT2D eigenvalue weighted by Crippen LogP contribution is 2.14. The Labute approximate surface area is 127 Å². The van der Waals surface area contributed by atoms with Crippen molar-refractivity contribution in [3.05, 3.63) is 57.2 Å². The van der Waals surface area contributed by atoms with Gasteiger partial charge in [0.05, 0.1) is 6.33 Å². The highest BCUT2D eigenvalue weighted by molar-refractivity contribution is 6.30. The van der Waals surface area contributed by atoms with E-state index in [-0.39, 0.29) is 17.9 Å². The van der Waals surface area contributed by atoms with Crippen LogP contribution >= 0.6 is 11.6 Å². The molecule has 110 valence electrons. The zero-order chi connectivity index (χ0) is 15.4. The molecule has 21 heavy (non-hydrogen) atoms. The summed E-state index contributed by atoms with van der Waals surface area (Å²) >= 11 is 5.85. The topological polar surface area (TPSA) is 64.0 Å². The van der Waals surface area contributed by atoms with Crippen molar-refractivity contribution in [3.63, 3.8) is 0 Å². The van der Waals surface area contributed by atoms with Gasteiger partial charge in [0.1, 0.15) is 0 Å². The first kappa shape index (κ1) is 15.3. The van der Waals surface area contributed by atoms with E-state index in [2.05, 4.69) is 10.3 Å². The molecule has 0 saturated heterocycles. The predicted octanol–water partition coefficient (Wildman–Crippen LogP) is 2.54. The predicted molar refractivity (Wildman–Crippen MR) is 82.7 cm³/mol. The van der Waals surface area contributed by atoms with Crippen molar-refractivity contribution >= 4 is 23.2 Å². The number of carbonyl (C=O) groups excluding carboxylic acids is 1. The molecule has 0 aliphatic heterocycles. The fourth-order valence-electron chi connectivity index (χ4n) is 1.85. The zero-order valence-corrected chi connectivity index (χ0v) is 12.6. The minimum atomic E-state index is -0.178. The first-order valence-electron chi connectivity index (χ1n) is 6.55. The lowest BCUT2D eigenvalue weighted by atomic mass is 10.2. The number of anilines is 1. The number of rotatable bonds is 4. The average Bonchev–Trinajstić information content (AvgIpc) is 2.44. The molecule has 2 aromatic rings. The minimum Gasteiger partial charge on any atom is -0.326 e. The SMILES string of the molecule is Cc1ncn(CCC(=O)Nc2cccc(Cl)c2)c(=O)c1C. The second-order valence-electron chi connectivity index (χ2n) is 4.76. The Morgan fingerprint density at radius 3 is 2.86 bits per heavy atom. The van der Waals surface area contributed by atoms with Crippen molar-refractivity contribution in [1.82, 2.24) is 9.55 Å². The largest absolute Gasteiger partial charge is 0.326 e. The molecule has 1 amide bonds. The molecule has 2 rings (SSSR count). The van der Waals surface area contributed by atoms with Crippen molar-refractivity contribution in [2.75, 3.05) is 5.32 Å². The smallest absolute Gasteiger partial charge is 0.256 e. The number of nitrogens with one attached hydrogen (secondary N) is 1. The number of benzene rings is 1. The van der Waals surface area contributed by atoms with Gasteiger partial charge in [-0.15, -0.1) is 0 Å². The number of nitrogens with zero attached hydrogens (tertiary/aromatic N) is 2. The Kier molecular flexibility index (Phi) is 4.75. The van der Waals surface area contributed by atoms with Crippen LogP contribution in [-0.4, -0.2) is 15.5 Å². The number of aromatic nitrogens is 2. The summed E-state index contributed by atoms with van der Waals surface area (Å²) in [6.07, 6.45) is 1.66. The lowest BCUT2D eigenvalue weighted by Crippen LogP contribution is -2.26. The summed E-state index contributed by atoms with van der Waals surface area (Å²) < 4.78 is 1.44. The summed E-state index contributed by atoms with van der Waals surface area (Å²) in [5.41, 5.74) is 1.84. The standard InChI is InChI=1S/C15H16ClN3O2/c1-10-11(2)17-9-19(15(10)21)7-6-14(20)18-13-5-3-4-12(16)8-13/h3-5,8-9H,6-7H2,1-2H3,(H,18,20). The monoisotopic (exact) mass is 305 g/mol. The summed E-state index contributed by atoms with van der Waals surface area (Å²) in [6.45, 7) is 3.81. The molecule has 1 aromatic carbocycles. The second-order valence-corrected chi connectivity index (χ2v) is 5.20. The third kappa shape index (κ3) is 3.92. The first-order valence-corrected chi connectivity index (χ1v) is 6.93. The molecule has 0 aliphatic carbocycles. The van der Waals surface area contributed by atoms with Gasteiger partial charge < -0.3 is 5.32 Å². The van der Waals surface area contributed by atoms with Crippen LogP contribution in [0.25, 0.3) is 0 Å². The molecule has 1 aromatic heterocycles. The van der Waals surface area contributed by atoms with E-state index in [1.54, 1.807) is 38.1 Å². The molecule has 0 unspecified atom stereocenters. The lowest BCUT2D eigenvalue weighted by Gasteiger charge is -2.08. The summed E-state index contributed by atoms with van der Waals surface area (Å²) in [5, 5.41) is 3.30. The van der Waals surface area contributed by atoms with Crippen LogP contribution in [0, 0.1) is 13.8 Å². The fraction of sp³-hybridized carbons (Fsp3) is 0.267. The van der Waals surface area contributed by atoms with E-state index in [1.807, 2.05) is 0 Å². The highest BCUT2D eigenvalue weighted by atomic mass is 35.5. The molecule has 1 N–H and O–H groups in total. The minimum absolute atomic E-state index is 0.113. The van der Waals surface area contributed by atoms with E-state index >= 15 is 0 Å². The fourth-order valence-corrected chi connectivity index (χ4v) is 2.04. The van der Waals surface area contributed by atoms with E-state index in [0.717, 1.165) is 0 Å². The van der Waals surface area contributed by atoms with Crippen LogP contribution in [-0.2, 0) is 11.3 Å². The third-order valence-electron chi connectivity index (χ3n) is 3.20. The molecule has 0 fully saturated rings. The van der Waals surface area contributed by atoms with Crippen molar-refractivity contribution in [1.29, 1.82) is 0 Å². The number of hydrogen-bond donors (Lipinski definition) is 1. The number of halogens is 1. The van der Waals surface area contributed by atoms with Gasteiger partial charge in [-0.3, -0.25) is 14.2 Å². The first-order chi connectivity index (χ1) is 9.97. The van der Waals surface area contributed by atoms with Crippen LogP contribution in [0.3, 0.4) is 0 Å². The highest BCUT2D eigenvalue weighted by Gasteiger charge is 2.07. The maximum absolute atomic E-state index is 12.0. The Bertz CT molecular complexity index is 725. The average molecular weight is 306 g/mol. The van der Waals surface area contributed by atoms with E-state index < -0.39 is 0 Å². The Hall–Kier alpha value is -2.14. The third-order valence-corrected chi connectivity index (χ3v) is 3.44. The molecule has 0 bridgehead atoms. The Morgan fingerprint density at radius 1 is 1.38 bits per heavy atom. The van der Waals surface area contributed by atoms with Crippen LogP contribution in [0.2, 0.25) is 5.02 Å². The normalized spacial score (nSPS) is 10.4. The van der Waals surface area contributed by atoms with E-state index in [1.165, 1.54) is 10.9 Å². The summed E-state index contributed by atoms with van der Waals surface area (Å²) in [7, 11) is 0. The van der Waals surface area contributed by atoms with Crippen molar-refractivity contribution in [2.45, 2.75) is 26.8 Å². The van der Waals surface area contributed by atoms with Gasteiger partial charge in [-0.05, 0) is 32.0 Å². The van der Waals surface area contributed by atoms with Crippen LogP contribution in [0.15, 0.2) is 35.4 Å². The molecule has 5 nitrogen and oxygen atoms in total. The second kappa shape index (κ2) is 6.54. The van der Waals surface area contributed by atoms with Gasteiger partial charge in [0.2, 0.25) is 5.91 Å². The Morgan fingerprint density at radius 2 is 2.14 bits per heavy atom. The molecule has 6 heteroatoms. The van der Waals surface area contributed by atoms with Gasteiger partial charge in [-0.1, -0.05) is 17.7 Å². The molecule has 1 heterocycles. The molecule has 0 atom stereocenters. The molecular weight excluding hydrogens is 290 g/mol. The van der Waals surface area contributed by atoms with Crippen LogP contribution < -0.4 is 10.9 Å². The maximum Gasteiger partial charge on any atom is 0.256 e. The van der Waals surface area contributed by atoms with E-state index in [9.17, 15) is 9.59 Å².